The number of nitrogens with zero attached hydrogens (tertiary/aromatic N) is 2. The highest BCUT2D eigenvalue weighted by molar-refractivity contribution is 6.21. The number of hydrogen-bond donors (Lipinski definition) is 2. The first kappa shape index (κ1) is 27.9. The second-order valence-corrected chi connectivity index (χ2v) is 13.5. The number of carbonyl (C=O) groups excluding carboxylic acids is 3. The lowest BCUT2D eigenvalue weighted by atomic mass is 9.49. The van der Waals surface area contributed by atoms with E-state index in [9.17, 15) is 14.4 Å². The topological polar surface area (TPSA) is 105 Å². The Hall–Kier alpha value is -3.91. The van der Waals surface area contributed by atoms with Crippen LogP contribution in [0.25, 0.3) is 10.8 Å². The zero-order chi connectivity index (χ0) is 29.9. The van der Waals surface area contributed by atoms with Crippen LogP contribution in [0.3, 0.4) is 0 Å². The summed E-state index contributed by atoms with van der Waals surface area (Å²) in [5.74, 6) is 1.40. The van der Waals surface area contributed by atoms with E-state index in [0.717, 1.165) is 35.6 Å². The number of carbonyl (C=O) groups is 3. The van der Waals surface area contributed by atoms with Crippen LogP contribution in [0.5, 0.6) is 5.75 Å². The quantitative estimate of drug-likeness (QED) is 0.392. The number of ether oxygens (including phenoxy) is 1. The van der Waals surface area contributed by atoms with Crippen LogP contribution < -0.4 is 25.6 Å². The van der Waals surface area contributed by atoms with Crippen LogP contribution in [-0.4, -0.2) is 43.5 Å². The van der Waals surface area contributed by atoms with Gasteiger partial charge < -0.3 is 25.6 Å². The second kappa shape index (κ2) is 10.7. The van der Waals surface area contributed by atoms with Crippen molar-refractivity contribution in [2.45, 2.75) is 64.1 Å². The van der Waals surface area contributed by atoms with Gasteiger partial charge in [0.2, 0.25) is 5.91 Å². The van der Waals surface area contributed by atoms with Crippen molar-refractivity contribution in [3.8, 4) is 5.75 Å². The van der Waals surface area contributed by atoms with E-state index in [1.165, 1.54) is 19.3 Å². The van der Waals surface area contributed by atoms with E-state index >= 15 is 0 Å². The third-order valence-corrected chi connectivity index (χ3v) is 10.4. The van der Waals surface area contributed by atoms with Crippen molar-refractivity contribution >= 4 is 39.9 Å². The molecule has 8 rings (SSSR count). The number of rotatable bonds is 7. The first-order valence-electron chi connectivity index (χ1n) is 15.6. The average Bonchev–Trinajstić information content (AvgIpc) is 3.06. The minimum Gasteiger partial charge on any atom is -0.496 e. The van der Waals surface area contributed by atoms with Crippen molar-refractivity contribution in [3.63, 3.8) is 0 Å². The Bertz CT molecular complexity index is 1560. The number of hydrogen-bond acceptors (Lipinski definition) is 5. The molecule has 2 unspecified atom stereocenters. The van der Waals surface area contributed by atoms with E-state index in [1.807, 2.05) is 65.6 Å². The fourth-order valence-corrected chi connectivity index (χ4v) is 8.95. The van der Waals surface area contributed by atoms with Crippen LogP contribution >= 0.6 is 0 Å². The van der Waals surface area contributed by atoms with E-state index in [4.69, 9.17) is 10.5 Å². The number of nitrogens with one attached hydrogen (secondary N) is 1. The van der Waals surface area contributed by atoms with E-state index in [0.29, 0.717) is 41.4 Å². The molecule has 3 amide bonds. The maximum Gasteiger partial charge on any atom is 0.259 e. The summed E-state index contributed by atoms with van der Waals surface area (Å²) in [6.45, 7) is 2.28. The first-order valence-corrected chi connectivity index (χ1v) is 15.6. The van der Waals surface area contributed by atoms with Gasteiger partial charge in [0, 0.05) is 12.1 Å². The molecule has 3 aromatic carbocycles. The van der Waals surface area contributed by atoms with Gasteiger partial charge in [0.05, 0.1) is 31.1 Å². The van der Waals surface area contributed by atoms with Crippen LogP contribution in [-0.2, 0) is 20.9 Å². The maximum absolute atomic E-state index is 14.5. The van der Waals surface area contributed by atoms with Gasteiger partial charge in [-0.1, -0.05) is 42.5 Å². The predicted molar refractivity (Wildman–Crippen MR) is 167 cm³/mol. The molecule has 0 radical (unpaired) electrons. The van der Waals surface area contributed by atoms with E-state index < -0.39 is 29.8 Å². The first-order chi connectivity index (χ1) is 20.7. The van der Waals surface area contributed by atoms with Crippen LogP contribution in [0.1, 0.15) is 51.0 Å². The maximum atomic E-state index is 14.5. The number of para-hydroxylation sites is 2. The number of benzene rings is 3. The van der Waals surface area contributed by atoms with Crippen LogP contribution in [0.2, 0.25) is 0 Å². The Labute approximate surface area is 252 Å². The van der Waals surface area contributed by atoms with Gasteiger partial charge in [0.15, 0.2) is 6.04 Å². The van der Waals surface area contributed by atoms with Crippen molar-refractivity contribution in [1.82, 2.24) is 5.32 Å². The molecule has 8 nitrogen and oxygen atoms in total. The van der Waals surface area contributed by atoms with Gasteiger partial charge in [-0.3, -0.25) is 14.4 Å². The molecule has 0 saturated heterocycles. The molecule has 2 atom stereocenters. The van der Waals surface area contributed by atoms with E-state index in [-0.39, 0.29) is 12.0 Å². The van der Waals surface area contributed by atoms with E-state index in [1.54, 1.807) is 18.9 Å². The predicted octanol–water partition coefficient (Wildman–Crippen LogP) is 4.78. The van der Waals surface area contributed by atoms with E-state index in [2.05, 4.69) is 5.32 Å². The largest absolute Gasteiger partial charge is 0.496 e. The Kier molecular flexibility index (Phi) is 6.92. The Morgan fingerprint density at radius 1 is 0.907 bits per heavy atom. The number of nitrogens with two attached hydrogens (primary N) is 1. The molecule has 0 spiro atoms. The van der Waals surface area contributed by atoms with Gasteiger partial charge >= 0.3 is 0 Å². The standard InChI is InChI=1S/C35H40N4O4/c1-21(36)32(40)37-31-33(41)38(19-27-26-8-4-3-7-25(26)11-12-30(27)43-2)28-9-5-6-10-29(28)39(34(31)42)20-35-16-22-13-23(17-35)15-24(14-22)18-35/h3-12,21-24,31H,13-20,36H2,1-2H3,(H,37,40). The monoisotopic (exact) mass is 580 g/mol. The molecule has 0 aromatic heterocycles. The molecule has 224 valence electrons. The summed E-state index contributed by atoms with van der Waals surface area (Å²) in [6, 6.07) is 17.3. The van der Waals surface area contributed by atoms with Crippen LogP contribution in [0, 0.1) is 23.2 Å². The van der Waals surface area contributed by atoms with Crippen molar-refractivity contribution in [3.05, 3.63) is 66.2 Å². The molecular formula is C35H40N4O4. The fourth-order valence-electron chi connectivity index (χ4n) is 8.95. The number of methoxy groups -OCH3 is 1. The highest BCUT2D eigenvalue weighted by Crippen LogP contribution is 2.60. The molecule has 4 saturated carbocycles. The Morgan fingerprint density at radius 3 is 2.12 bits per heavy atom. The summed E-state index contributed by atoms with van der Waals surface area (Å²) in [6.07, 6.45) is 7.26. The van der Waals surface area contributed by atoms with Gasteiger partial charge in [-0.15, -0.1) is 0 Å². The lowest BCUT2D eigenvalue weighted by molar-refractivity contribution is -0.135. The lowest BCUT2D eigenvalue weighted by Crippen LogP contribution is -2.59. The van der Waals surface area contributed by atoms with Crippen molar-refractivity contribution in [2.24, 2.45) is 28.9 Å². The molecule has 1 heterocycles. The molecule has 3 N–H and O–H groups in total. The summed E-state index contributed by atoms with van der Waals surface area (Å²) in [7, 11) is 1.62. The lowest BCUT2D eigenvalue weighted by Gasteiger charge is -2.57. The Balaban J connectivity index is 1.34. The molecule has 1 aliphatic heterocycles. The highest BCUT2D eigenvalue weighted by atomic mass is 16.5. The Morgan fingerprint density at radius 2 is 1.49 bits per heavy atom. The minimum atomic E-state index is -1.39. The van der Waals surface area contributed by atoms with Gasteiger partial charge in [0.1, 0.15) is 5.75 Å². The summed E-state index contributed by atoms with van der Waals surface area (Å²) in [4.78, 5) is 45.4. The van der Waals surface area contributed by atoms with Gasteiger partial charge in [0.25, 0.3) is 11.8 Å². The summed E-state index contributed by atoms with van der Waals surface area (Å²) < 4.78 is 5.77. The highest BCUT2D eigenvalue weighted by Gasteiger charge is 2.53. The number of anilines is 2. The molecule has 3 aromatic rings. The molecule has 4 fully saturated rings. The zero-order valence-corrected chi connectivity index (χ0v) is 24.9. The SMILES string of the molecule is COc1ccc2ccccc2c1CN1C(=O)C(NC(=O)C(C)N)C(=O)N(CC23CC4CC(CC(C4)C2)C3)c2ccccc21. The summed E-state index contributed by atoms with van der Waals surface area (Å²) in [5, 5.41) is 4.72. The van der Waals surface area contributed by atoms with Crippen LogP contribution in [0.4, 0.5) is 11.4 Å². The molecule has 43 heavy (non-hydrogen) atoms. The molecule has 8 heteroatoms. The molecule has 5 aliphatic rings. The summed E-state index contributed by atoms with van der Waals surface area (Å²) >= 11 is 0. The van der Waals surface area contributed by atoms with Gasteiger partial charge in [-0.05, 0) is 97.6 Å². The average molecular weight is 581 g/mol. The molecule has 4 bridgehead atoms. The third-order valence-electron chi connectivity index (χ3n) is 10.4. The van der Waals surface area contributed by atoms with Crippen molar-refractivity contribution in [2.75, 3.05) is 23.5 Å². The smallest absolute Gasteiger partial charge is 0.259 e. The van der Waals surface area contributed by atoms with Gasteiger partial charge in [-0.2, -0.15) is 0 Å². The second-order valence-electron chi connectivity index (χ2n) is 13.5. The molecular weight excluding hydrogens is 540 g/mol. The summed E-state index contributed by atoms with van der Waals surface area (Å²) in [5.41, 5.74) is 8.14. The van der Waals surface area contributed by atoms with Crippen LogP contribution in [0.15, 0.2) is 60.7 Å². The van der Waals surface area contributed by atoms with Gasteiger partial charge in [-0.25, -0.2) is 0 Å². The zero-order valence-electron chi connectivity index (χ0n) is 24.9. The number of amides is 3. The third kappa shape index (κ3) is 4.85. The molecule has 4 aliphatic carbocycles. The van der Waals surface area contributed by atoms with Crippen molar-refractivity contribution < 1.29 is 19.1 Å². The fraction of sp³-hybridized carbons (Fsp3) is 0.457. The normalized spacial score (nSPS) is 28.5. The van der Waals surface area contributed by atoms with Crippen molar-refractivity contribution in [1.29, 1.82) is 0 Å². The minimum absolute atomic E-state index is 0.0321. The number of fused-ring (bicyclic) bond motifs is 2.